The molecule has 0 N–H and O–H groups in total. The molecule has 3 heterocycles. The summed E-state index contributed by atoms with van der Waals surface area (Å²) in [5, 5.41) is 0. The quantitative estimate of drug-likeness (QED) is 0.770. The summed E-state index contributed by atoms with van der Waals surface area (Å²) in [5.41, 5.74) is 0. The summed E-state index contributed by atoms with van der Waals surface area (Å²) in [7, 11) is -1.71. The van der Waals surface area contributed by atoms with Crippen molar-refractivity contribution in [3.63, 3.8) is 0 Å². The third kappa shape index (κ3) is 4.31. The standard InChI is InChI=1S/C17H22N2O4S2/c1-18(13-14-6-5-11-23-14)16(20)12-15-7-8-17(24-15)25(21,22)19-9-3-2-4-10-19/h5-8,11H,2-4,9-10,12-13H2,1H3. The lowest BCUT2D eigenvalue weighted by molar-refractivity contribution is -0.129. The third-order valence-electron chi connectivity index (χ3n) is 4.27. The number of nitrogens with zero attached hydrogens (tertiary/aromatic N) is 2. The molecule has 1 amide bonds. The van der Waals surface area contributed by atoms with Crippen molar-refractivity contribution >= 4 is 27.3 Å². The number of sulfonamides is 1. The van der Waals surface area contributed by atoms with E-state index in [1.807, 2.05) is 6.07 Å². The minimum atomic E-state index is -3.43. The van der Waals surface area contributed by atoms with Crippen molar-refractivity contribution in [1.29, 1.82) is 0 Å². The number of thiophene rings is 1. The number of furan rings is 1. The Hall–Kier alpha value is -1.64. The van der Waals surface area contributed by atoms with Gasteiger partial charge in [0.15, 0.2) is 0 Å². The van der Waals surface area contributed by atoms with Crippen LogP contribution in [0.15, 0.2) is 39.2 Å². The van der Waals surface area contributed by atoms with Crippen molar-refractivity contribution < 1.29 is 17.6 Å². The molecule has 136 valence electrons. The van der Waals surface area contributed by atoms with Crippen molar-refractivity contribution in [1.82, 2.24) is 9.21 Å². The molecular weight excluding hydrogens is 360 g/mol. The summed E-state index contributed by atoms with van der Waals surface area (Å²) in [6, 6.07) is 6.95. The van der Waals surface area contributed by atoms with Crippen LogP contribution in [0.1, 0.15) is 29.9 Å². The van der Waals surface area contributed by atoms with Crippen LogP contribution in [0.5, 0.6) is 0 Å². The van der Waals surface area contributed by atoms with E-state index in [-0.39, 0.29) is 12.3 Å². The van der Waals surface area contributed by atoms with E-state index < -0.39 is 10.0 Å². The maximum Gasteiger partial charge on any atom is 0.252 e. The number of rotatable bonds is 6. The Bertz CT molecular complexity index is 806. The van der Waals surface area contributed by atoms with E-state index in [4.69, 9.17) is 4.42 Å². The largest absolute Gasteiger partial charge is 0.467 e. The molecule has 1 fully saturated rings. The monoisotopic (exact) mass is 382 g/mol. The van der Waals surface area contributed by atoms with E-state index in [9.17, 15) is 13.2 Å². The summed E-state index contributed by atoms with van der Waals surface area (Å²) in [4.78, 5) is 14.7. The maximum atomic E-state index is 12.7. The fraction of sp³-hybridized carbons (Fsp3) is 0.471. The van der Waals surface area contributed by atoms with Crippen LogP contribution in [-0.4, -0.2) is 43.7 Å². The normalized spacial score (nSPS) is 16.0. The summed E-state index contributed by atoms with van der Waals surface area (Å²) < 4.78 is 32.4. The van der Waals surface area contributed by atoms with Crippen molar-refractivity contribution in [3.05, 3.63) is 41.2 Å². The molecule has 0 radical (unpaired) electrons. The fourth-order valence-corrected chi connectivity index (χ4v) is 5.85. The summed E-state index contributed by atoms with van der Waals surface area (Å²) in [5.74, 6) is 0.649. The number of carbonyl (C=O) groups is 1. The van der Waals surface area contributed by atoms with Gasteiger partial charge in [-0.1, -0.05) is 6.42 Å². The van der Waals surface area contributed by atoms with Gasteiger partial charge in [0.1, 0.15) is 9.97 Å². The van der Waals surface area contributed by atoms with Crippen LogP contribution in [-0.2, 0) is 27.8 Å². The Kier molecular flexibility index (Phi) is 5.61. The molecule has 2 aromatic heterocycles. The van der Waals surface area contributed by atoms with Gasteiger partial charge >= 0.3 is 0 Å². The number of hydrogen-bond donors (Lipinski definition) is 0. The van der Waals surface area contributed by atoms with Gasteiger partial charge in [-0.2, -0.15) is 4.31 Å². The molecule has 2 aromatic rings. The first-order chi connectivity index (χ1) is 12.0. The van der Waals surface area contributed by atoms with E-state index in [0.29, 0.717) is 23.8 Å². The highest BCUT2D eigenvalue weighted by Gasteiger charge is 2.27. The van der Waals surface area contributed by atoms with E-state index in [0.717, 1.165) is 29.9 Å². The van der Waals surface area contributed by atoms with Crippen molar-refractivity contribution in [3.8, 4) is 0 Å². The lowest BCUT2D eigenvalue weighted by Gasteiger charge is -2.25. The van der Waals surface area contributed by atoms with Gasteiger partial charge in [-0.3, -0.25) is 4.79 Å². The highest BCUT2D eigenvalue weighted by atomic mass is 32.2. The molecule has 0 aliphatic carbocycles. The second kappa shape index (κ2) is 7.72. The zero-order chi connectivity index (χ0) is 17.9. The Balaban J connectivity index is 1.63. The number of amides is 1. The molecule has 1 saturated heterocycles. The number of piperidine rings is 1. The van der Waals surface area contributed by atoms with Gasteiger partial charge in [-0.15, -0.1) is 11.3 Å². The first-order valence-electron chi connectivity index (χ1n) is 8.32. The van der Waals surface area contributed by atoms with Crippen molar-refractivity contribution in [2.75, 3.05) is 20.1 Å². The topological polar surface area (TPSA) is 70.8 Å². The minimum Gasteiger partial charge on any atom is -0.467 e. The summed E-state index contributed by atoms with van der Waals surface area (Å²) >= 11 is 1.19. The molecule has 8 heteroatoms. The Labute approximate surface area is 152 Å². The lowest BCUT2D eigenvalue weighted by Crippen LogP contribution is -2.35. The Morgan fingerprint density at radius 2 is 2.00 bits per heavy atom. The Morgan fingerprint density at radius 1 is 1.24 bits per heavy atom. The van der Waals surface area contributed by atoms with Gasteiger partial charge in [0.2, 0.25) is 5.91 Å². The molecule has 0 saturated carbocycles. The molecule has 0 unspecified atom stereocenters. The average Bonchev–Trinajstić information content (AvgIpc) is 3.27. The Morgan fingerprint density at radius 3 is 2.68 bits per heavy atom. The van der Waals surface area contributed by atoms with Crippen LogP contribution in [0, 0.1) is 0 Å². The average molecular weight is 383 g/mol. The van der Waals surface area contributed by atoms with Gasteiger partial charge < -0.3 is 9.32 Å². The summed E-state index contributed by atoms with van der Waals surface area (Å²) in [6.45, 7) is 1.57. The lowest BCUT2D eigenvalue weighted by atomic mass is 10.2. The predicted molar refractivity (Wildman–Crippen MR) is 95.8 cm³/mol. The van der Waals surface area contributed by atoms with Crippen LogP contribution in [0.3, 0.4) is 0 Å². The zero-order valence-electron chi connectivity index (χ0n) is 14.2. The van der Waals surface area contributed by atoms with Crippen LogP contribution in [0.25, 0.3) is 0 Å². The van der Waals surface area contributed by atoms with Crippen LogP contribution < -0.4 is 0 Å². The molecule has 1 aliphatic heterocycles. The van der Waals surface area contributed by atoms with Crippen LogP contribution >= 0.6 is 11.3 Å². The third-order valence-corrected chi connectivity index (χ3v) is 7.72. The predicted octanol–water partition coefficient (Wildman–Crippen LogP) is 2.72. The van der Waals surface area contributed by atoms with Crippen LogP contribution in [0.2, 0.25) is 0 Å². The number of likely N-dealkylation sites (N-methyl/N-ethyl adjacent to an activating group) is 1. The first kappa shape index (κ1) is 18.2. The highest BCUT2D eigenvalue weighted by molar-refractivity contribution is 7.91. The molecule has 3 rings (SSSR count). The first-order valence-corrected chi connectivity index (χ1v) is 10.6. The molecule has 6 nitrogen and oxygen atoms in total. The maximum absolute atomic E-state index is 12.7. The molecule has 0 bridgehead atoms. The van der Waals surface area contributed by atoms with Crippen molar-refractivity contribution in [2.24, 2.45) is 0 Å². The second-order valence-corrected chi connectivity index (χ2v) is 9.52. The molecule has 25 heavy (non-hydrogen) atoms. The van der Waals surface area contributed by atoms with Gasteiger partial charge in [-0.25, -0.2) is 8.42 Å². The second-order valence-electron chi connectivity index (χ2n) is 6.19. The van der Waals surface area contributed by atoms with Gasteiger partial charge in [0, 0.05) is 25.0 Å². The van der Waals surface area contributed by atoms with Crippen molar-refractivity contribution in [2.45, 2.75) is 36.4 Å². The summed E-state index contributed by atoms with van der Waals surface area (Å²) in [6.07, 6.45) is 4.67. The van der Waals surface area contributed by atoms with Gasteiger partial charge in [0.05, 0.1) is 19.2 Å². The minimum absolute atomic E-state index is 0.0693. The highest BCUT2D eigenvalue weighted by Crippen LogP contribution is 2.27. The molecule has 1 aliphatic rings. The SMILES string of the molecule is CN(Cc1ccco1)C(=O)Cc1ccc(S(=O)(=O)N2CCCCC2)s1. The van der Waals surface area contributed by atoms with Gasteiger partial charge in [-0.05, 0) is 37.1 Å². The van der Waals surface area contributed by atoms with Crippen LogP contribution in [0.4, 0.5) is 0 Å². The number of carbonyl (C=O) groups excluding carboxylic acids is 1. The zero-order valence-corrected chi connectivity index (χ0v) is 15.8. The van der Waals surface area contributed by atoms with E-state index in [1.54, 1.807) is 40.7 Å². The van der Waals surface area contributed by atoms with E-state index in [2.05, 4.69) is 0 Å². The molecule has 0 aromatic carbocycles. The van der Waals surface area contributed by atoms with E-state index in [1.165, 1.54) is 11.3 Å². The van der Waals surface area contributed by atoms with E-state index >= 15 is 0 Å². The molecule has 0 spiro atoms. The molecular formula is C17H22N2O4S2. The fourth-order valence-electron chi connectivity index (χ4n) is 2.83. The van der Waals surface area contributed by atoms with Gasteiger partial charge in [0.25, 0.3) is 10.0 Å². The number of hydrogen-bond acceptors (Lipinski definition) is 5. The smallest absolute Gasteiger partial charge is 0.252 e. The molecule has 0 atom stereocenters.